The quantitative estimate of drug-likeness (QED) is 0.760. The first kappa shape index (κ1) is 17.7. The van der Waals surface area contributed by atoms with Gasteiger partial charge in [-0.3, -0.25) is 4.79 Å². The van der Waals surface area contributed by atoms with Gasteiger partial charge < -0.3 is 14.9 Å². The number of benzene rings is 1. The van der Waals surface area contributed by atoms with E-state index in [-0.39, 0.29) is 17.9 Å². The van der Waals surface area contributed by atoms with Gasteiger partial charge in [0.05, 0.1) is 5.75 Å². The maximum Gasteiger partial charge on any atom is 0.326 e. The monoisotopic (exact) mass is 352 g/mol. The maximum absolute atomic E-state index is 12.1. The van der Waals surface area contributed by atoms with Crippen LogP contribution in [0.1, 0.15) is 16.9 Å². The number of rotatable bonds is 7. The number of carboxylic acids is 1. The second kappa shape index (κ2) is 7.26. The van der Waals surface area contributed by atoms with E-state index in [0.717, 1.165) is 11.8 Å². The second-order valence-corrected chi connectivity index (χ2v) is 7.49. The van der Waals surface area contributed by atoms with E-state index in [2.05, 4.69) is 10.5 Å². The van der Waals surface area contributed by atoms with Crippen molar-refractivity contribution in [3.63, 3.8) is 0 Å². The van der Waals surface area contributed by atoms with E-state index in [4.69, 9.17) is 9.63 Å². The second-order valence-electron chi connectivity index (χ2n) is 5.23. The number of carbonyl (C=O) groups excluding carboxylic acids is 1. The van der Waals surface area contributed by atoms with Crippen LogP contribution in [0.5, 0.6) is 0 Å². The molecule has 2 rings (SSSR count). The molecular weight excluding hydrogens is 336 g/mol. The first-order valence-electron chi connectivity index (χ1n) is 7.00. The zero-order chi connectivity index (χ0) is 17.7. The SMILES string of the molecule is CS(=O)(=O)CC[C@H](NC(=O)c1cc(-c2ccccc2)on1)C(=O)O. The molecule has 0 aliphatic rings. The van der Waals surface area contributed by atoms with E-state index in [0.29, 0.717) is 5.76 Å². The molecule has 1 atom stereocenters. The number of carboxylic acid groups (broad SMARTS) is 1. The van der Waals surface area contributed by atoms with Crippen LogP contribution in [0, 0.1) is 0 Å². The maximum atomic E-state index is 12.1. The van der Waals surface area contributed by atoms with Crippen molar-refractivity contribution >= 4 is 21.7 Å². The summed E-state index contributed by atoms with van der Waals surface area (Å²) in [6.45, 7) is 0. The van der Waals surface area contributed by atoms with Gasteiger partial charge in [0.15, 0.2) is 11.5 Å². The summed E-state index contributed by atoms with van der Waals surface area (Å²) in [6, 6.07) is 9.02. The topological polar surface area (TPSA) is 127 Å². The number of aliphatic carboxylic acids is 1. The van der Waals surface area contributed by atoms with E-state index in [9.17, 15) is 18.0 Å². The summed E-state index contributed by atoms with van der Waals surface area (Å²) >= 11 is 0. The summed E-state index contributed by atoms with van der Waals surface area (Å²) < 4.78 is 27.4. The first-order chi connectivity index (χ1) is 11.3. The number of amides is 1. The van der Waals surface area contributed by atoms with Crippen LogP contribution in [0.25, 0.3) is 11.3 Å². The highest BCUT2D eigenvalue weighted by molar-refractivity contribution is 7.90. The highest BCUT2D eigenvalue weighted by Gasteiger charge is 2.24. The number of sulfone groups is 1. The molecule has 0 saturated heterocycles. The molecule has 1 aromatic heterocycles. The minimum atomic E-state index is -3.33. The smallest absolute Gasteiger partial charge is 0.326 e. The molecule has 1 aromatic carbocycles. The average Bonchev–Trinajstić information content (AvgIpc) is 3.01. The lowest BCUT2D eigenvalue weighted by Gasteiger charge is -2.12. The van der Waals surface area contributed by atoms with E-state index < -0.39 is 27.8 Å². The van der Waals surface area contributed by atoms with Crippen molar-refractivity contribution in [3.8, 4) is 11.3 Å². The fourth-order valence-corrected chi connectivity index (χ4v) is 2.61. The predicted molar refractivity (Wildman–Crippen MR) is 85.2 cm³/mol. The lowest BCUT2D eigenvalue weighted by atomic mass is 10.1. The molecule has 0 bridgehead atoms. The molecule has 9 heteroatoms. The number of hydrogen-bond donors (Lipinski definition) is 2. The number of nitrogens with zero attached hydrogens (tertiary/aromatic N) is 1. The summed E-state index contributed by atoms with van der Waals surface area (Å²) in [6.07, 6.45) is 0.765. The Bertz CT molecular complexity index is 829. The van der Waals surface area contributed by atoms with Crippen LogP contribution in [0.3, 0.4) is 0 Å². The van der Waals surface area contributed by atoms with Crippen LogP contribution in [0.4, 0.5) is 0 Å². The molecule has 0 aliphatic carbocycles. The fourth-order valence-electron chi connectivity index (χ4n) is 1.94. The molecule has 1 amide bonds. The Labute approximate surface area is 138 Å². The lowest BCUT2D eigenvalue weighted by molar-refractivity contribution is -0.139. The van der Waals surface area contributed by atoms with Gasteiger partial charge in [0.2, 0.25) is 0 Å². The van der Waals surface area contributed by atoms with Crippen molar-refractivity contribution in [3.05, 3.63) is 42.1 Å². The van der Waals surface area contributed by atoms with Crippen LogP contribution in [-0.2, 0) is 14.6 Å². The number of carbonyl (C=O) groups is 2. The molecule has 2 aromatic rings. The van der Waals surface area contributed by atoms with E-state index in [1.807, 2.05) is 6.07 Å². The van der Waals surface area contributed by atoms with Crippen molar-refractivity contribution in [2.24, 2.45) is 0 Å². The third-order valence-corrected chi connectivity index (χ3v) is 4.16. The molecule has 2 N–H and O–H groups in total. The third-order valence-electron chi connectivity index (χ3n) is 3.18. The van der Waals surface area contributed by atoms with E-state index in [1.165, 1.54) is 6.07 Å². The molecule has 0 saturated carbocycles. The highest BCUT2D eigenvalue weighted by Crippen LogP contribution is 2.19. The van der Waals surface area contributed by atoms with Gasteiger partial charge in [-0.2, -0.15) is 0 Å². The zero-order valence-electron chi connectivity index (χ0n) is 12.8. The molecular formula is C15H16N2O6S. The van der Waals surface area contributed by atoms with Gasteiger partial charge in [0.25, 0.3) is 5.91 Å². The van der Waals surface area contributed by atoms with Crippen LogP contribution >= 0.6 is 0 Å². The Morgan fingerprint density at radius 1 is 1.29 bits per heavy atom. The van der Waals surface area contributed by atoms with Crippen molar-refractivity contribution < 1.29 is 27.6 Å². The van der Waals surface area contributed by atoms with Gasteiger partial charge in [-0.1, -0.05) is 35.5 Å². The van der Waals surface area contributed by atoms with Gasteiger partial charge in [-0.25, -0.2) is 13.2 Å². The fraction of sp³-hybridized carbons (Fsp3) is 0.267. The number of hydrogen-bond acceptors (Lipinski definition) is 6. The summed E-state index contributed by atoms with van der Waals surface area (Å²) in [5.41, 5.74) is 0.635. The molecule has 0 spiro atoms. The standard InChI is InChI=1S/C15H16N2O6S/c1-24(21,22)8-7-11(15(19)20)16-14(18)12-9-13(23-17-12)10-5-3-2-4-6-10/h2-6,9,11H,7-8H2,1H3,(H,16,18)(H,19,20)/t11-/m0/s1. The Morgan fingerprint density at radius 2 is 1.96 bits per heavy atom. The highest BCUT2D eigenvalue weighted by atomic mass is 32.2. The van der Waals surface area contributed by atoms with Crippen LogP contribution < -0.4 is 5.32 Å². The number of aromatic nitrogens is 1. The molecule has 128 valence electrons. The van der Waals surface area contributed by atoms with Gasteiger partial charge in [0.1, 0.15) is 15.9 Å². The summed E-state index contributed by atoms with van der Waals surface area (Å²) in [7, 11) is -3.33. The lowest BCUT2D eigenvalue weighted by Crippen LogP contribution is -2.42. The van der Waals surface area contributed by atoms with Crippen molar-refractivity contribution in [1.29, 1.82) is 0 Å². The van der Waals surface area contributed by atoms with Crippen LogP contribution in [-0.4, -0.2) is 48.6 Å². The molecule has 0 fully saturated rings. The summed E-state index contributed by atoms with van der Waals surface area (Å²) in [4.78, 5) is 23.2. The summed E-state index contributed by atoms with van der Waals surface area (Å²) in [5.74, 6) is -2.05. The van der Waals surface area contributed by atoms with E-state index in [1.54, 1.807) is 24.3 Å². The third kappa shape index (κ3) is 4.92. The largest absolute Gasteiger partial charge is 0.480 e. The van der Waals surface area contributed by atoms with Crippen LogP contribution in [0.2, 0.25) is 0 Å². The minimum Gasteiger partial charge on any atom is -0.480 e. The van der Waals surface area contributed by atoms with Gasteiger partial charge in [0, 0.05) is 17.9 Å². The van der Waals surface area contributed by atoms with Gasteiger partial charge in [-0.15, -0.1) is 0 Å². The van der Waals surface area contributed by atoms with Gasteiger partial charge in [-0.05, 0) is 6.42 Å². The zero-order valence-corrected chi connectivity index (χ0v) is 13.6. The first-order valence-corrected chi connectivity index (χ1v) is 9.06. The molecule has 24 heavy (non-hydrogen) atoms. The predicted octanol–water partition coefficient (Wildman–Crippen LogP) is 0.959. The Hall–Kier alpha value is -2.68. The van der Waals surface area contributed by atoms with Crippen molar-refractivity contribution in [2.75, 3.05) is 12.0 Å². The molecule has 0 aliphatic heterocycles. The molecule has 1 heterocycles. The Kier molecular flexibility index (Phi) is 5.35. The minimum absolute atomic E-state index is 0.0838. The van der Waals surface area contributed by atoms with E-state index >= 15 is 0 Å². The Balaban J connectivity index is 2.08. The molecule has 0 unspecified atom stereocenters. The normalized spacial score (nSPS) is 12.5. The number of nitrogens with one attached hydrogen (secondary N) is 1. The van der Waals surface area contributed by atoms with Crippen molar-refractivity contribution in [2.45, 2.75) is 12.5 Å². The summed E-state index contributed by atoms with van der Waals surface area (Å²) in [5, 5.41) is 15.0. The Morgan fingerprint density at radius 3 is 2.54 bits per heavy atom. The van der Waals surface area contributed by atoms with Crippen LogP contribution in [0.15, 0.2) is 40.9 Å². The van der Waals surface area contributed by atoms with Gasteiger partial charge >= 0.3 is 5.97 Å². The molecule has 0 radical (unpaired) electrons. The average molecular weight is 352 g/mol. The molecule has 8 nitrogen and oxygen atoms in total. The van der Waals surface area contributed by atoms with Crippen molar-refractivity contribution in [1.82, 2.24) is 10.5 Å².